The average Bonchev–Trinajstić information content (AvgIpc) is 3.58. The number of amides is 9. The molecule has 1 aliphatic rings. The molecule has 24 nitrogen and oxygen atoms in total. The van der Waals surface area contributed by atoms with Crippen molar-refractivity contribution < 1.29 is 67.8 Å². The third kappa shape index (κ3) is 17.5. The highest BCUT2D eigenvalue weighted by Crippen LogP contribution is 2.21. The fraction of sp³-hybridized carbons (Fsp3) is 0.649. The number of likely N-dealkylation sites (tertiary alicyclic amines) is 1. The van der Waals surface area contributed by atoms with Crippen LogP contribution in [0.5, 0.6) is 0 Å². The summed E-state index contributed by atoms with van der Waals surface area (Å²) in [5.41, 5.74) is 9.26. The van der Waals surface area contributed by atoms with Crippen molar-refractivity contribution in [1.82, 2.24) is 42.1 Å². The van der Waals surface area contributed by atoms with Crippen LogP contribution in [0.2, 0.25) is 0 Å². The van der Waals surface area contributed by atoms with Crippen molar-refractivity contribution in [2.75, 3.05) is 32.0 Å². The van der Waals surface area contributed by atoms with Crippen molar-refractivity contribution in [2.24, 2.45) is 23.3 Å². The van der Waals surface area contributed by atoms with Crippen molar-refractivity contribution >= 4 is 64.0 Å². The van der Waals surface area contributed by atoms with Gasteiger partial charge in [-0.2, -0.15) is 0 Å². The molecule has 25 heteroatoms. The zero-order chi connectivity index (χ0) is 47.8. The highest BCUT2D eigenvalue weighted by Gasteiger charge is 2.44. The summed E-state index contributed by atoms with van der Waals surface area (Å²) in [6.07, 6.45) is -3.68. The Kier molecular flexibility index (Phi) is 21.8. The summed E-state index contributed by atoms with van der Waals surface area (Å²) in [6, 6.07) is -7.92. The third-order valence-electron chi connectivity index (χ3n) is 9.82. The number of nitrogens with one attached hydrogen (secondary N) is 7. The van der Waals surface area contributed by atoms with Gasteiger partial charge in [-0.1, -0.05) is 40.3 Å². The van der Waals surface area contributed by atoms with Gasteiger partial charge < -0.3 is 74.0 Å². The van der Waals surface area contributed by atoms with Gasteiger partial charge in [0.15, 0.2) is 0 Å². The molecule has 0 aromatic heterocycles. The molecule has 1 aliphatic heterocycles. The molecule has 0 aromatic rings. The van der Waals surface area contributed by atoms with E-state index >= 15 is 0 Å². The lowest BCUT2D eigenvalue weighted by Gasteiger charge is -2.31. The van der Waals surface area contributed by atoms with Crippen LogP contribution >= 0.6 is 0 Å². The first-order valence-corrected chi connectivity index (χ1v) is 20.8. The Morgan fingerprint density at radius 3 is 1.98 bits per heavy atom. The molecule has 1 unspecified atom stereocenters. The second-order valence-corrected chi connectivity index (χ2v) is 16.9. The van der Waals surface area contributed by atoms with Crippen LogP contribution in [-0.4, -0.2) is 163 Å². The molecule has 350 valence electrons. The summed E-state index contributed by atoms with van der Waals surface area (Å²) in [5, 5.41) is 56.4. The lowest BCUT2D eigenvalue weighted by Crippen LogP contribution is -2.60. The summed E-state index contributed by atoms with van der Waals surface area (Å²) in [7, 11) is -2.26. The van der Waals surface area contributed by atoms with Crippen LogP contribution in [0.4, 0.5) is 0 Å². The van der Waals surface area contributed by atoms with Gasteiger partial charge in [0.25, 0.3) is 0 Å². The summed E-state index contributed by atoms with van der Waals surface area (Å²) in [6.45, 7) is 13.4. The molecule has 0 radical (unpaired) electrons. The minimum Gasteiger partial charge on any atom is -0.394 e. The maximum absolute atomic E-state index is 14.0. The first-order chi connectivity index (χ1) is 28.6. The molecule has 1 rings (SSSR count). The van der Waals surface area contributed by atoms with Crippen LogP contribution in [0.3, 0.4) is 0 Å². The molecule has 1 fully saturated rings. The normalized spacial score (nSPS) is 18.8. The number of hydrogen-bond donors (Lipinski definition) is 13. The van der Waals surface area contributed by atoms with E-state index in [2.05, 4.69) is 50.4 Å². The van der Waals surface area contributed by atoms with E-state index in [1.165, 1.54) is 27.7 Å². The standard InChI is InChI=1S/C37H62N10O14S/c1-9-17(2)30(45-29(54)12-40-20(5)49)35(58)41-13-28(53)43-24(16-62(61)21(6)42-19(4)37(7,8)60)33(56)44-23(11-27(38)52)36(59)47-14-22(50)10-25(47)34(57)46-31(32(39)55)18(3)26(51)15-48/h17-18,22-26,30-31,42,48,50-51,60H,4,6,9-16H2,1-3,5,7-8H3,(H2,38,52)(H2,39,55)(H,40,49)(H,41,58)(H,43,53)(H,44,56)(H,45,54)(H,46,57)/t17-,18-,22+,23-,24-,25-,26-,30-,31-,62?/m0/s1. The first kappa shape index (κ1) is 54.5. The van der Waals surface area contributed by atoms with Crippen molar-refractivity contribution in [3.05, 3.63) is 23.9 Å². The molecule has 0 aromatic carbocycles. The fourth-order valence-corrected chi connectivity index (χ4v) is 6.72. The number of nitrogens with zero attached hydrogens (tertiary/aromatic N) is 1. The van der Waals surface area contributed by atoms with Gasteiger partial charge in [-0.3, -0.25) is 47.4 Å². The number of primary amides is 2. The summed E-state index contributed by atoms with van der Waals surface area (Å²) < 4.78 is 13.4. The number of carbonyl (C=O) groups excluding carboxylic acids is 9. The van der Waals surface area contributed by atoms with E-state index in [4.69, 9.17) is 11.5 Å². The molecule has 10 atom stereocenters. The van der Waals surface area contributed by atoms with E-state index in [-0.39, 0.29) is 17.1 Å². The van der Waals surface area contributed by atoms with Gasteiger partial charge in [-0.15, -0.1) is 0 Å². The van der Waals surface area contributed by atoms with E-state index in [0.717, 1.165) is 4.90 Å². The van der Waals surface area contributed by atoms with Gasteiger partial charge in [-0.05, 0) is 19.8 Å². The molecule has 15 N–H and O–H groups in total. The number of carbonyl (C=O) groups is 9. The largest absolute Gasteiger partial charge is 0.394 e. The lowest BCUT2D eigenvalue weighted by molar-refractivity contribution is -0.143. The maximum atomic E-state index is 14.0. The Morgan fingerprint density at radius 2 is 1.47 bits per heavy atom. The van der Waals surface area contributed by atoms with Gasteiger partial charge in [-0.25, -0.2) is 0 Å². The highest BCUT2D eigenvalue weighted by atomic mass is 32.2. The van der Waals surface area contributed by atoms with Crippen LogP contribution in [-0.2, 0) is 54.0 Å². The second-order valence-electron chi connectivity index (χ2n) is 15.4. The average molecular weight is 903 g/mol. The molecule has 1 saturated heterocycles. The van der Waals surface area contributed by atoms with Crippen molar-refractivity contribution in [1.29, 1.82) is 0 Å². The molecule has 9 amide bonds. The van der Waals surface area contributed by atoms with Gasteiger partial charge in [0.05, 0.1) is 65.5 Å². The fourth-order valence-electron chi connectivity index (χ4n) is 5.75. The summed E-state index contributed by atoms with van der Waals surface area (Å²) in [5.74, 6) is -10.9. The van der Waals surface area contributed by atoms with Crippen LogP contribution in [0, 0.1) is 11.8 Å². The van der Waals surface area contributed by atoms with Gasteiger partial charge in [0, 0.05) is 31.5 Å². The molecule has 62 heavy (non-hydrogen) atoms. The van der Waals surface area contributed by atoms with Crippen LogP contribution < -0.4 is 48.7 Å². The van der Waals surface area contributed by atoms with E-state index in [1.807, 2.05) is 0 Å². The zero-order valence-corrected chi connectivity index (χ0v) is 36.5. The topological polar surface area (TPSA) is 391 Å². The zero-order valence-electron chi connectivity index (χ0n) is 35.6. The molecular formula is C37H62N10O14S. The lowest BCUT2D eigenvalue weighted by atomic mass is 9.95. The SMILES string of the molecule is C=C(NC(=C)C(C)(C)O)S(=O)C[C@H](NC(=O)CNC(=O)[C@@H](NC(=O)CNC(C)=O)[C@@H](C)CC)C(=O)N[C@@H](CC(N)=O)C(=O)N1C[C@H](O)C[C@H]1C(=O)N[C@H](C(N)=O)[C@@H](C)[C@@H](O)CO. The van der Waals surface area contributed by atoms with Crippen molar-refractivity contribution in [2.45, 2.75) is 109 Å². The predicted octanol–water partition coefficient (Wildman–Crippen LogP) is -6.37. The van der Waals surface area contributed by atoms with Gasteiger partial charge in [0.1, 0.15) is 30.2 Å². The minimum atomic E-state index is -2.26. The third-order valence-corrected chi connectivity index (χ3v) is 11.1. The Morgan fingerprint density at radius 1 is 0.887 bits per heavy atom. The van der Waals surface area contributed by atoms with E-state index in [0.29, 0.717) is 6.42 Å². The quantitative estimate of drug-likeness (QED) is 0.0384. The molecule has 0 spiro atoms. The Bertz CT molecular complexity index is 1740. The maximum Gasteiger partial charge on any atom is 0.246 e. The number of nitrogens with two attached hydrogens (primary N) is 2. The second kappa shape index (κ2) is 24.8. The number of rotatable bonds is 26. The predicted molar refractivity (Wildman–Crippen MR) is 221 cm³/mol. The van der Waals surface area contributed by atoms with Crippen LogP contribution in [0.1, 0.15) is 60.8 Å². The molecule has 0 saturated carbocycles. The number of hydrogen-bond acceptors (Lipinski definition) is 15. The Hall–Kier alpha value is -5.50. The van der Waals surface area contributed by atoms with E-state index < -0.39 is 162 Å². The Labute approximate surface area is 361 Å². The van der Waals surface area contributed by atoms with E-state index in [9.17, 15) is 67.8 Å². The van der Waals surface area contributed by atoms with Crippen molar-refractivity contribution in [3.8, 4) is 0 Å². The van der Waals surface area contributed by atoms with Crippen LogP contribution in [0.25, 0.3) is 0 Å². The van der Waals surface area contributed by atoms with Crippen LogP contribution in [0.15, 0.2) is 23.9 Å². The highest BCUT2D eigenvalue weighted by molar-refractivity contribution is 7.89. The summed E-state index contributed by atoms with van der Waals surface area (Å²) >= 11 is 0. The molecule has 0 aliphatic carbocycles. The Balaban J connectivity index is 3.45. The number of aliphatic hydroxyl groups excluding tert-OH is 3. The van der Waals surface area contributed by atoms with E-state index in [1.54, 1.807) is 13.8 Å². The monoisotopic (exact) mass is 902 g/mol. The molecular weight excluding hydrogens is 841 g/mol. The first-order valence-electron chi connectivity index (χ1n) is 19.5. The molecule has 1 heterocycles. The number of β-amino-alcohol motifs (C(OH)–C–C–N with tert-alkyl or cyclic N) is 1. The minimum absolute atomic E-state index is 0.0386. The van der Waals surface area contributed by atoms with Gasteiger partial charge in [0.2, 0.25) is 53.2 Å². The summed E-state index contributed by atoms with van der Waals surface area (Å²) in [4.78, 5) is 117. The smallest absolute Gasteiger partial charge is 0.246 e. The van der Waals surface area contributed by atoms with Crippen molar-refractivity contribution in [3.63, 3.8) is 0 Å². The molecule has 0 bridgehead atoms. The van der Waals surface area contributed by atoms with Gasteiger partial charge >= 0.3 is 0 Å². The number of aliphatic hydroxyl groups is 4.